The second-order valence-corrected chi connectivity index (χ2v) is 9.39. The first-order valence-corrected chi connectivity index (χ1v) is 12.3. The lowest BCUT2D eigenvalue weighted by Gasteiger charge is -2.20. The molecule has 2 N–H and O–H groups in total. The summed E-state index contributed by atoms with van der Waals surface area (Å²) in [4.78, 5) is 26.4. The van der Waals surface area contributed by atoms with Crippen molar-refractivity contribution >= 4 is 33.4 Å². The van der Waals surface area contributed by atoms with Crippen molar-refractivity contribution in [2.45, 2.75) is 30.6 Å². The number of anilines is 2. The van der Waals surface area contributed by atoms with Crippen molar-refractivity contribution in [1.82, 2.24) is 4.90 Å². The Kier molecular flexibility index (Phi) is 8.21. The van der Waals surface area contributed by atoms with Crippen LogP contribution in [0.5, 0.6) is 11.5 Å². The van der Waals surface area contributed by atoms with E-state index in [9.17, 15) is 18.0 Å². The molecule has 2 amide bonds. The first kappa shape index (κ1) is 25.2. The number of methoxy groups -OCH3 is 3. The number of hydrogen-bond donors (Lipinski definition) is 2. The van der Waals surface area contributed by atoms with Crippen LogP contribution in [0.1, 0.15) is 36.0 Å². The van der Waals surface area contributed by atoms with Gasteiger partial charge in [0.2, 0.25) is 0 Å². The lowest BCUT2D eigenvalue weighted by molar-refractivity contribution is 0.0601. The van der Waals surface area contributed by atoms with Gasteiger partial charge in [0.15, 0.2) is 11.5 Å². The monoisotopic (exact) mass is 491 g/mol. The minimum atomic E-state index is -4.07. The van der Waals surface area contributed by atoms with Crippen molar-refractivity contribution in [2.24, 2.45) is 0 Å². The van der Waals surface area contributed by atoms with Crippen molar-refractivity contribution in [3.8, 4) is 11.5 Å². The molecule has 0 aliphatic carbocycles. The predicted molar refractivity (Wildman–Crippen MR) is 127 cm³/mol. The molecule has 2 aromatic carbocycles. The number of urea groups is 1. The second kappa shape index (κ2) is 11.1. The molecule has 0 unspecified atom stereocenters. The number of benzene rings is 2. The van der Waals surface area contributed by atoms with Gasteiger partial charge in [-0.25, -0.2) is 18.0 Å². The van der Waals surface area contributed by atoms with Crippen molar-refractivity contribution in [3.05, 3.63) is 42.0 Å². The third kappa shape index (κ3) is 5.90. The molecule has 11 heteroatoms. The van der Waals surface area contributed by atoms with Gasteiger partial charge in [-0.05, 0) is 37.1 Å². The zero-order valence-corrected chi connectivity index (χ0v) is 20.2. The summed E-state index contributed by atoms with van der Waals surface area (Å²) in [6.45, 7) is 1.41. The van der Waals surface area contributed by atoms with Gasteiger partial charge in [0.05, 0.1) is 37.5 Å². The fraction of sp³-hybridized carbons (Fsp3) is 0.391. The zero-order chi connectivity index (χ0) is 24.7. The van der Waals surface area contributed by atoms with Crippen LogP contribution in [0.25, 0.3) is 0 Å². The topological polar surface area (TPSA) is 123 Å². The molecule has 184 valence electrons. The van der Waals surface area contributed by atoms with E-state index in [1.165, 1.54) is 57.7 Å². The largest absolute Gasteiger partial charge is 0.493 e. The lowest BCUT2D eigenvalue weighted by Crippen LogP contribution is -2.35. The molecule has 1 heterocycles. The Morgan fingerprint density at radius 1 is 0.882 bits per heavy atom. The SMILES string of the molecule is COC(=O)c1cc(OC)c(OC)cc1NS(=O)(=O)c1ccc(NC(=O)N2CCCCCC2)cc1. The van der Waals surface area contributed by atoms with E-state index < -0.39 is 16.0 Å². The van der Waals surface area contributed by atoms with E-state index in [1.54, 1.807) is 4.90 Å². The van der Waals surface area contributed by atoms with Crippen LogP contribution in [0.15, 0.2) is 41.3 Å². The average Bonchev–Trinajstić information content (AvgIpc) is 3.13. The molecule has 0 saturated carbocycles. The van der Waals surface area contributed by atoms with Crippen LogP contribution in [0.4, 0.5) is 16.2 Å². The summed E-state index contributed by atoms with van der Waals surface area (Å²) in [5, 5.41) is 2.81. The lowest BCUT2D eigenvalue weighted by atomic mass is 10.1. The van der Waals surface area contributed by atoms with Gasteiger partial charge in [-0.2, -0.15) is 0 Å². The van der Waals surface area contributed by atoms with Crippen LogP contribution in [0.3, 0.4) is 0 Å². The molecule has 1 aliphatic rings. The maximum atomic E-state index is 13.0. The number of rotatable bonds is 7. The van der Waals surface area contributed by atoms with Gasteiger partial charge in [0, 0.05) is 30.9 Å². The summed E-state index contributed by atoms with van der Waals surface area (Å²) in [7, 11) is -0.0853. The molecule has 0 bridgehead atoms. The third-order valence-corrected chi connectivity index (χ3v) is 6.86. The van der Waals surface area contributed by atoms with Crippen LogP contribution < -0.4 is 19.5 Å². The highest BCUT2D eigenvalue weighted by atomic mass is 32.2. The first-order valence-electron chi connectivity index (χ1n) is 10.8. The van der Waals surface area contributed by atoms with Crippen LogP contribution in [-0.2, 0) is 14.8 Å². The predicted octanol–water partition coefficient (Wildman–Crippen LogP) is 3.70. The number of esters is 1. The van der Waals surface area contributed by atoms with E-state index in [1.807, 2.05) is 0 Å². The number of sulfonamides is 1. The molecular formula is C23H29N3O7S. The first-order chi connectivity index (χ1) is 16.3. The smallest absolute Gasteiger partial charge is 0.340 e. The molecule has 1 aliphatic heterocycles. The zero-order valence-electron chi connectivity index (χ0n) is 19.4. The highest BCUT2D eigenvalue weighted by Gasteiger charge is 2.23. The molecule has 0 radical (unpaired) electrons. The fourth-order valence-corrected chi connectivity index (χ4v) is 4.71. The molecule has 1 saturated heterocycles. The third-order valence-electron chi connectivity index (χ3n) is 5.48. The number of ether oxygens (including phenoxy) is 3. The number of carbonyl (C=O) groups is 2. The van der Waals surface area contributed by atoms with E-state index in [0.717, 1.165) is 25.7 Å². The molecular weight excluding hydrogens is 462 g/mol. The molecule has 10 nitrogen and oxygen atoms in total. The minimum Gasteiger partial charge on any atom is -0.493 e. The molecule has 3 rings (SSSR count). The number of hydrogen-bond acceptors (Lipinski definition) is 7. The summed E-state index contributed by atoms with van der Waals surface area (Å²) < 4.78 is 43.6. The summed E-state index contributed by atoms with van der Waals surface area (Å²) in [5.41, 5.74) is 0.419. The Labute approximate surface area is 199 Å². The van der Waals surface area contributed by atoms with Crippen molar-refractivity contribution in [1.29, 1.82) is 0 Å². The molecule has 0 spiro atoms. The van der Waals surface area contributed by atoms with Gasteiger partial charge in [0.1, 0.15) is 0 Å². The maximum Gasteiger partial charge on any atom is 0.340 e. The van der Waals surface area contributed by atoms with Crippen LogP contribution in [0.2, 0.25) is 0 Å². The van der Waals surface area contributed by atoms with Gasteiger partial charge in [-0.1, -0.05) is 12.8 Å². The van der Waals surface area contributed by atoms with Crippen LogP contribution >= 0.6 is 0 Å². The number of nitrogens with zero attached hydrogens (tertiary/aromatic N) is 1. The van der Waals surface area contributed by atoms with Gasteiger partial charge in [-0.3, -0.25) is 4.72 Å². The van der Waals surface area contributed by atoms with Gasteiger partial charge in [0.25, 0.3) is 10.0 Å². The van der Waals surface area contributed by atoms with E-state index in [-0.39, 0.29) is 33.7 Å². The van der Waals surface area contributed by atoms with E-state index in [4.69, 9.17) is 14.2 Å². The Balaban J connectivity index is 1.80. The molecule has 2 aromatic rings. The Morgan fingerprint density at radius 3 is 2.03 bits per heavy atom. The van der Waals surface area contributed by atoms with Crippen LogP contribution in [0, 0.1) is 0 Å². The number of amides is 2. The molecule has 1 fully saturated rings. The van der Waals surface area contributed by atoms with E-state index in [2.05, 4.69) is 10.0 Å². The van der Waals surface area contributed by atoms with Gasteiger partial charge < -0.3 is 24.4 Å². The Bertz CT molecular complexity index is 1130. The molecule has 34 heavy (non-hydrogen) atoms. The molecule has 0 aromatic heterocycles. The van der Waals surface area contributed by atoms with Crippen molar-refractivity contribution in [2.75, 3.05) is 44.5 Å². The van der Waals surface area contributed by atoms with Crippen molar-refractivity contribution in [3.63, 3.8) is 0 Å². The fourth-order valence-electron chi connectivity index (χ4n) is 3.64. The van der Waals surface area contributed by atoms with Crippen LogP contribution in [-0.4, -0.2) is 59.7 Å². The highest BCUT2D eigenvalue weighted by Crippen LogP contribution is 2.35. The van der Waals surface area contributed by atoms with Gasteiger partial charge >= 0.3 is 12.0 Å². The number of carbonyl (C=O) groups excluding carboxylic acids is 2. The second-order valence-electron chi connectivity index (χ2n) is 7.71. The Morgan fingerprint density at radius 2 is 1.47 bits per heavy atom. The highest BCUT2D eigenvalue weighted by molar-refractivity contribution is 7.92. The number of nitrogens with one attached hydrogen (secondary N) is 2. The Hall–Kier alpha value is -3.47. The molecule has 0 atom stereocenters. The normalized spacial score (nSPS) is 14.0. The summed E-state index contributed by atoms with van der Waals surface area (Å²) in [6.07, 6.45) is 4.17. The van der Waals surface area contributed by atoms with Gasteiger partial charge in [-0.15, -0.1) is 0 Å². The van der Waals surface area contributed by atoms with E-state index >= 15 is 0 Å². The maximum absolute atomic E-state index is 13.0. The number of likely N-dealkylation sites (tertiary alicyclic amines) is 1. The van der Waals surface area contributed by atoms with E-state index in [0.29, 0.717) is 18.8 Å². The summed E-state index contributed by atoms with van der Waals surface area (Å²) in [5.74, 6) is -0.264. The summed E-state index contributed by atoms with van der Waals surface area (Å²) in [6, 6.07) is 8.25. The quantitative estimate of drug-likeness (QED) is 0.566. The average molecular weight is 492 g/mol. The standard InChI is InChI=1S/C23H29N3O7S/c1-31-20-14-18(22(27)33-3)19(15-21(20)32-2)25-34(29,30)17-10-8-16(9-11-17)24-23(28)26-12-6-4-5-7-13-26/h8-11,14-15,25H,4-7,12-13H2,1-3H3,(H,24,28). The minimum absolute atomic E-state index is 0.0250. The summed E-state index contributed by atoms with van der Waals surface area (Å²) >= 11 is 0. The van der Waals surface area contributed by atoms with Crippen molar-refractivity contribution < 1.29 is 32.2 Å².